The van der Waals surface area contributed by atoms with E-state index in [-0.39, 0.29) is 52.1 Å². The van der Waals surface area contributed by atoms with Gasteiger partial charge in [0.2, 0.25) is 0 Å². The first-order valence-corrected chi connectivity index (χ1v) is 11.2. The van der Waals surface area contributed by atoms with E-state index in [1.54, 1.807) is 0 Å². The van der Waals surface area contributed by atoms with E-state index in [2.05, 4.69) is 11.4 Å². The second-order valence-electron chi connectivity index (χ2n) is 6.58. The van der Waals surface area contributed by atoms with Crippen molar-refractivity contribution in [2.24, 2.45) is 0 Å². The summed E-state index contributed by atoms with van der Waals surface area (Å²) >= 11 is 0. The van der Waals surface area contributed by atoms with Gasteiger partial charge in [-0.05, 0) is 6.42 Å². The molecule has 0 saturated carbocycles. The molecule has 0 radical (unpaired) electrons. The van der Waals surface area contributed by atoms with E-state index in [9.17, 15) is 14.4 Å². The number of phosphoric ester groups is 1. The van der Waals surface area contributed by atoms with Crippen LogP contribution in [0.3, 0.4) is 0 Å². The summed E-state index contributed by atoms with van der Waals surface area (Å²) < 4.78 is 14.4. The molecule has 0 aliphatic heterocycles. The third-order valence-electron chi connectivity index (χ3n) is 4.25. The molecule has 0 aromatic heterocycles. The van der Waals surface area contributed by atoms with Crippen LogP contribution in [-0.4, -0.2) is 52.1 Å². The van der Waals surface area contributed by atoms with E-state index in [4.69, 9.17) is 0 Å². The maximum Gasteiger partial charge on any atom is 2.00 e. The van der Waals surface area contributed by atoms with Crippen LogP contribution < -0.4 is 9.79 Å². The van der Waals surface area contributed by atoms with Gasteiger partial charge in [0, 0.05) is 0 Å². The van der Waals surface area contributed by atoms with Gasteiger partial charge in [-0.3, -0.25) is 0 Å². The van der Waals surface area contributed by atoms with E-state index in [0.29, 0.717) is 6.42 Å². The van der Waals surface area contributed by atoms with Gasteiger partial charge in [-0.2, -0.15) is 0 Å². The molecule has 0 N–H and O–H groups in total. The predicted octanol–water partition coefficient (Wildman–Crippen LogP) is 4.71. The van der Waals surface area contributed by atoms with Crippen LogP contribution >= 0.6 is 7.82 Å². The second kappa shape index (κ2) is 20.9. The van der Waals surface area contributed by atoms with E-state index >= 15 is 0 Å². The molecule has 0 atom stereocenters. The SMILES string of the molecule is CCCCCCCCCCCCCCCCCCOP(=O)([O-])[O-].[Sr+2]. The van der Waals surface area contributed by atoms with Crippen LogP contribution in [0.4, 0.5) is 0 Å². The zero-order chi connectivity index (χ0) is 17.2. The number of rotatable bonds is 18. The van der Waals surface area contributed by atoms with Crippen molar-refractivity contribution in [2.45, 2.75) is 110 Å². The van der Waals surface area contributed by atoms with E-state index in [1.807, 2.05) is 0 Å². The molecule has 0 aromatic rings. The van der Waals surface area contributed by atoms with Crippen LogP contribution in [0.25, 0.3) is 0 Å². The number of phosphoric acid groups is 1. The Hall–Kier alpha value is 1.59. The number of unbranched alkanes of at least 4 members (excludes halogenated alkanes) is 15. The van der Waals surface area contributed by atoms with Crippen LogP contribution in [0.15, 0.2) is 0 Å². The Morgan fingerprint density at radius 1 is 0.625 bits per heavy atom. The molecule has 0 aliphatic rings. The van der Waals surface area contributed by atoms with Gasteiger partial charge in [0.1, 0.15) is 0 Å². The normalized spacial score (nSPS) is 11.5. The molecule has 6 heteroatoms. The van der Waals surface area contributed by atoms with Crippen molar-refractivity contribution in [2.75, 3.05) is 6.61 Å². The summed E-state index contributed by atoms with van der Waals surface area (Å²) in [6.07, 6.45) is 20.3. The first-order valence-electron chi connectivity index (χ1n) is 9.73. The zero-order valence-corrected chi connectivity index (χ0v) is 20.2. The number of hydrogen-bond acceptors (Lipinski definition) is 4. The molecule has 0 spiro atoms. The molecule has 0 saturated heterocycles. The van der Waals surface area contributed by atoms with Crippen molar-refractivity contribution in [1.29, 1.82) is 0 Å². The molecule has 140 valence electrons. The third kappa shape index (κ3) is 25.8. The van der Waals surface area contributed by atoms with Gasteiger partial charge in [0.15, 0.2) is 0 Å². The quantitative estimate of drug-likeness (QED) is 0.177. The van der Waals surface area contributed by atoms with Gasteiger partial charge in [-0.1, -0.05) is 103 Å². The maximum absolute atomic E-state index is 10.2. The molecule has 24 heavy (non-hydrogen) atoms. The Labute approximate surface area is 187 Å². The first kappa shape index (κ1) is 27.8. The van der Waals surface area contributed by atoms with Gasteiger partial charge < -0.3 is 18.9 Å². The first-order chi connectivity index (χ1) is 11.1. The second-order valence-corrected chi connectivity index (χ2v) is 7.74. The number of hydrogen-bond donors (Lipinski definition) is 0. The molecule has 0 aromatic carbocycles. The van der Waals surface area contributed by atoms with Gasteiger partial charge in [-0.25, -0.2) is 0 Å². The van der Waals surface area contributed by atoms with Gasteiger partial charge >= 0.3 is 45.5 Å². The fourth-order valence-electron chi connectivity index (χ4n) is 2.83. The fourth-order valence-corrected chi connectivity index (χ4v) is 3.18. The van der Waals surface area contributed by atoms with Crippen molar-refractivity contribution < 1.29 is 18.9 Å². The van der Waals surface area contributed by atoms with Gasteiger partial charge in [0.05, 0.1) is 14.4 Å². The van der Waals surface area contributed by atoms with Crippen molar-refractivity contribution in [3.63, 3.8) is 0 Å². The Balaban J connectivity index is 0. The summed E-state index contributed by atoms with van der Waals surface area (Å²) in [6, 6.07) is 0. The van der Waals surface area contributed by atoms with Crippen LogP contribution in [0, 0.1) is 0 Å². The third-order valence-corrected chi connectivity index (χ3v) is 4.75. The molecular formula is C18H37O4PSr. The van der Waals surface area contributed by atoms with E-state index < -0.39 is 7.82 Å². The van der Waals surface area contributed by atoms with Gasteiger partial charge in [0.25, 0.3) is 0 Å². The standard InChI is InChI=1S/C18H39O4P.Sr/c1-2-3-4-5-6-7-8-9-10-11-12-13-14-15-16-17-18-22-23(19,20)21;/h2-18H2,1H3,(H2,19,20,21);/q;+2/p-2. The van der Waals surface area contributed by atoms with Gasteiger partial charge in [-0.15, -0.1) is 0 Å². The Bertz CT molecular complexity index is 284. The molecule has 0 bridgehead atoms. The summed E-state index contributed by atoms with van der Waals surface area (Å²) in [5, 5.41) is 0. The summed E-state index contributed by atoms with van der Waals surface area (Å²) in [7, 11) is -4.76. The molecular weight excluding hydrogens is 399 g/mol. The summed E-state index contributed by atoms with van der Waals surface area (Å²) in [4.78, 5) is 20.5. The molecule has 0 unspecified atom stereocenters. The van der Waals surface area contributed by atoms with Crippen LogP contribution in [0.5, 0.6) is 0 Å². The van der Waals surface area contributed by atoms with Crippen molar-refractivity contribution in [3.05, 3.63) is 0 Å². The largest absolute Gasteiger partial charge is 2.00 e. The summed E-state index contributed by atoms with van der Waals surface area (Å²) in [5.74, 6) is 0. The van der Waals surface area contributed by atoms with Crippen molar-refractivity contribution in [3.8, 4) is 0 Å². The minimum absolute atomic E-state index is 0. The molecule has 0 amide bonds. The fraction of sp³-hybridized carbons (Fsp3) is 1.00. The smallest absolute Gasteiger partial charge is 0.790 e. The maximum atomic E-state index is 10.2. The predicted molar refractivity (Wildman–Crippen MR) is 98.9 cm³/mol. The summed E-state index contributed by atoms with van der Waals surface area (Å²) in [5.41, 5.74) is 0. The van der Waals surface area contributed by atoms with Crippen LogP contribution in [0.2, 0.25) is 0 Å². The van der Waals surface area contributed by atoms with Crippen molar-refractivity contribution >= 4 is 53.3 Å². The summed E-state index contributed by atoms with van der Waals surface area (Å²) in [6.45, 7) is 2.30. The van der Waals surface area contributed by atoms with Crippen LogP contribution in [0.1, 0.15) is 110 Å². The average molecular weight is 436 g/mol. The topological polar surface area (TPSA) is 72.4 Å². The molecule has 0 heterocycles. The minimum atomic E-state index is -4.76. The molecule has 0 aliphatic carbocycles. The Kier molecular flexibility index (Phi) is 24.2. The Morgan fingerprint density at radius 2 is 0.917 bits per heavy atom. The van der Waals surface area contributed by atoms with Crippen molar-refractivity contribution in [1.82, 2.24) is 0 Å². The zero-order valence-electron chi connectivity index (χ0n) is 15.8. The molecule has 4 nitrogen and oxygen atoms in total. The molecule has 0 rings (SSSR count). The minimum Gasteiger partial charge on any atom is -0.790 e. The average Bonchev–Trinajstić information content (AvgIpc) is 2.49. The monoisotopic (exact) mass is 436 g/mol. The van der Waals surface area contributed by atoms with Crippen LogP contribution in [-0.2, 0) is 9.09 Å². The van der Waals surface area contributed by atoms with E-state index in [0.717, 1.165) is 12.8 Å². The van der Waals surface area contributed by atoms with E-state index in [1.165, 1.54) is 83.5 Å². The molecule has 0 fully saturated rings. The Morgan fingerprint density at radius 3 is 1.21 bits per heavy atom.